The Bertz CT molecular complexity index is 810. The molecular formula is C18H15Br2FO3. The van der Waals surface area contributed by atoms with Gasteiger partial charge in [-0.05, 0) is 61.0 Å². The Kier molecular flexibility index (Phi) is 5.60. The molecule has 0 radical (unpaired) electrons. The molecule has 3 nitrogen and oxygen atoms in total. The molecule has 24 heavy (non-hydrogen) atoms. The lowest BCUT2D eigenvalue weighted by molar-refractivity contribution is -0.143. The molecule has 6 heteroatoms. The average Bonchev–Trinajstić information content (AvgIpc) is 2.48. The first-order valence-electron chi connectivity index (χ1n) is 7.12. The highest BCUT2D eigenvalue weighted by Gasteiger charge is 2.28. The van der Waals surface area contributed by atoms with Gasteiger partial charge in [0.05, 0.1) is 21.0 Å². The summed E-state index contributed by atoms with van der Waals surface area (Å²) in [6.45, 7) is 5.13. The summed E-state index contributed by atoms with van der Waals surface area (Å²) in [7, 11) is 0. The van der Waals surface area contributed by atoms with E-state index in [4.69, 9.17) is 4.74 Å². The second-order valence-electron chi connectivity index (χ2n) is 6.21. The number of carbonyl (C=O) groups is 2. The first kappa shape index (κ1) is 18.8. The third kappa shape index (κ3) is 4.11. The van der Waals surface area contributed by atoms with Crippen LogP contribution < -0.4 is 4.74 Å². The molecule has 126 valence electrons. The van der Waals surface area contributed by atoms with Crippen molar-refractivity contribution in [3.63, 3.8) is 0 Å². The number of hydrogen-bond acceptors (Lipinski definition) is 3. The van der Waals surface area contributed by atoms with Crippen LogP contribution in [0.3, 0.4) is 0 Å². The lowest BCUT2D eigenvalue weighted by atomic mass is 9.97. The van der Waals surface area contributed by atoms with Crippen molar-refractivity contribution >= 4 is 43.6 Å². The summed E-state index contributed by atoms with van der Waals surface area (Å²) in [5, 5.41) is 0. The number of carbonyl (C=O) groups excluding carboxylic acids is 2. The topological polar surface area (TPSA) is 43.4 Å². The van der Waals surface area contributed by atoms with Gasteiger partial charge in [0.15, 0.2) is 11.5 Å². The van der Waals surface area contributed by atoms with Crippen LogP contribution in [0, 0.1) is 11.2 Å². The van der Waals surface area contributed by atoms with Gasteiger partial charge < -0.3 is 4.74 Å². The molecule has 0 atom stereocenters. The molecule has 0 spiro atoms. The van der Waals surface area contributed by atoms with E-state index in [1.807, 2.05) is 0 Å². The maximum absolute atomic E-state index is 14.0. The van der Waals surface area contributed by atoms with Crippen molar-refractivity contribution in [2.24, 2.45) is 5.41 Å². The lowest BCUT2D eigenvalue weighted by Crippen LogP contribution is -2.26. The van der Waals surface area contributed by atoms with Crippen LogP contribution in [0.4, 0.5) is 4.39 Å². The first-order valence-corrected chi connectivity index (χ1v) is 8.70. The Morgan fingerprint density at radius 2 is 1.67 bits per heavy atom. The monoisotopic (exact) mass is 456 g/mol. The predicted molar refractivity (Wildman–Crippen MR) is 96.8 cm³/mol. The van der Waals surface area contributed by atoms with Gasteiger partial charge in [0, 0.05) is 4.47 Å². The minimum atomic E-state index is -0.745. The number of benzene rings is 2. The molecule has 0 aliphatic rings. The van der Waals surface area contributed by atoms with Crippen LogP contribution in [-0.2, 0) is 4.79 Å². The van der Waals surface area contributed by atoms with Gasteiger partial charge >= 0.3 is 5.97 Å². The third-order valence-electron chi connectivity index (χ3n) is 3.18. The maximum Gasteiger partial charge on any atom is 0.316 e. The molecule has 2 aromatic rings. The first-order chi connectivity index (χ1) is 11.1. The normalized spacial score (nSPS) is 11.2. The largest absolute Gasteiger partial charge is 0.424 e. The summed E-state index contributed by atoms with van der Waals surface area (Å²) in [5.74, 6) is -1.61. The van der Waals surface area contributed by atoms with E-state index in [1.54, 1.807) is 32.9 Å². The van der Waals surface area contributed by atoms with E-state index in [2.05, 4.69) is 31.9 Å². The molecule has 0 unspecified atom stereocenters. The van der Waals surface area contributed by atoms with E-state index in [-0.39, 0.29) is 16.9 Å². The Labute approximate surface area is 156 Å². The van der Waals surface area contributed by atoms with Crippen LogP contribution in [0.2, 0.25) is 0 Å². The highest BCUT2D eigenvalue weighted by molar-refractivity contribution is 9.11. The van der Waals surface area contributed by atoms with E-state index in [1.165, 1.54) is 24.3 Å². The van der Waals surface area contributed by atoms with Gasteiger partial charge in [-0.1, -0.05) is 28.1 Å². The highest BCUT2D eigenvalue weighted by atomic mass is 79.9. The van der Waals surface area contributed by atoms with Crippen molar-refractivity contribution in [1.29, 1.82) is 0 Å². The van der Waals surface area contributed by atoms with Gasteiger partial charge in [-0.25, -0.2) is 4.39 Å². The molecule has 0 saturated carbocycles. The predicted octanol–water partition coefficient (Wildman–Crippen LogP) is 5.53. The third-order valence-corrected chi connectivity index (χ3v) is 4.23. The fourth-order valence-electron chi connectivity index (χ4n) is 1.87. The van der Waals surface area contributed by atoms with Crippen LogP contribution in [0.1, 0.15) is 36.7 Å². The van der Waals surface area contributed by atoms with E-state index >= 15 is 0 Å². The number of rotatable bonds is 3. The number of halogens is 3. The van der Waals surface area contributed by atoms with Crippen LogP contribution in [0.5, 0.6) is 5.75 Å². The molecule has 0 N–H and O–H groups in total. The summed E-state index contributed by atoms with van der Waals surface area (Å²) in [4.78, 5) is 25.0. The fourth-order valence-corrected chi connectivity index (χ4v) is 3.18. The molecule has 0 aliphatic heterocycles. The van der Waals surface area contributed by atoms with Gasteiger partial charge in [-0.3, -0.25) is 9.59 Å². The van der Waals surface area contributed by atoms with Crippen molar-refractivity contribution in [2.45, 2.75) is 20.8 Å². The average molecular weight is 458 g/mol. The molecule has 0 fully saturated rings. The minimum Gasteiger partial charge on any atom is -0.424 e. The molecule has 2 rings (SSSR count). The van der Waals surface area contributed by atoms with Gasteiger partial charge in [-0.15, -0.1) is 0 Å². The Morgan fingerprint density at radius 1 is 1.04 bits per heavy atom. The molecule has 2 aromatic carbocycles. The summed E-state index contributed by atoms with van der Waals surface area (Å²) in [6, 6.07) is 8.84. The molecule has 0 saturated heterocycles. The van der Waals surface area contributed by atoms with Crippen LogP contribution >= 0.6 is 31.9 Å². The zero-order valence-electron chi connectivity index (χ0n) is 13.3. The molecular weight excluding hydrogens is 443 g/mol. The number of hydrogen-bond donors (Lipinski definition) is 0. The Hall–Kier alpha value is -1.53. The number of ketones is 1. The summed E-state index contributed by atoms with van der Waals surface area (Å²) >= 11 is 6.60. The van der Waals surface area contributed by atoms with Crippen molar-refractivity contribution in [3.05, 3.63) is 62.3 Å². The Balaban J connectivity index is 2.55. The van der Waals surface area contributed by atoms with Crippen molar-refractivity contribution in [3.8, 4) is 5.75 Å². The molecule has 0 amide bonds. The van der Waals surface area contributed by atoms with Crippen LogP contribution in [-0.4, -0.2) is 11.8 Å². The Morgan fingerprint density at radius 3 is 2.25 bits per heavy atom. The highest BCUT2D eigenvalue weighted by Crippen LogP contribution is 2.36. The second-order valence-corrected chi connectivity index (χ2v) is 7.98. The van der Waals surface area contributed by atoms with E-state index < -0.39 is 23.0 Å². The number of esters is 1. The van der Waals surface area contributed by atoms with Gasteiger partial charge in [0.1, 0.15) is 5.82 Å². The molecule has 0 aromatic heterocycles. The zero-order valence-corrected chi connectivity index (χ0v) is 16.5. The SMILES string of the molecule is CC(C)(C)C(=O)Oc1c(Br)cc(Br)cc1C(=O)c1ccccc1F. The van der Waals surface area contributed by atoms with Crippen molar-refractivity contribution in [2.75, 3.05) is 0 Å². The van der Waals surface area contributed by atoms with Crippen LogP contribution in [0.15, 0.2) is 45.3 Å². The van der Waals surface area contributed by atoms with Gasteiger partial charge in [0.25, 0.3) is 0 Å². The maximum atomic E-state index is 14.0. The molecule has 0 bridgehead atoms. The molecule has 0 aliphatic carbocycles. The number of ether oxygens (including phenoxy) is 1. The fraction of sp³-hybridized carbons (Fsp3) is 0.222. The summed E-state index contributed by atoms with van der Waals surface area (Å²) in [6.07, 6.45) is 0. The lowest BCUT2D eigenvalue weighted by Gasteiger charge is -2.19. The molecule has 0 heterocycles. The standard InChI is InChI=1S/C18H15Br2FO3/c1-18(2,3)17(23)24-16-12(8-10(19)9-13(16)20)15(22)11-6-4-5-7-14(11)21/h4-9H,1-3H3. The zero-order chi connectivity index (χ0) is 18.1. The van der Waals surface area contributed by atoms with Crippen molar-refractivity contribution < 1.29 is 18.7 Å². The smallest absolute Gasteiger partial charge is 0.316 e. The van der Waals surface area contributed by atoms with Gasteiger partial charge in [0.2, 0.25) is 0 Å². The second kappa shape index (κ2) is 7.15. The van der Waals surface area contributed by atoms with E-state index in [0.29, 0.717) is 8.95 Å². The minimum absolute atomic E-state index is 0.0754. The quantitative estimate of drug-likeness (QED) is 0.345. The van der Waals surface area contributed by atoms with Gasteiger partial charge in [-0.2, -0.15) is 0 Å². The van der Waals surface area contributed by atoms with Crippen LogP contribution in [0.25, 0.3) is 0 Å². The summed E-state index contributed by atoms with van der Waals surface area (Å²) < 4.78 is 20.4. The van der Waals surface area contributed by atoms with Crippen molar-refractivity contribution in [1.82, 2.24) is 0 Å². The van der Waals surface area contributed by atoms with E-state index in [0.717, 1.165) is 0 Å². The summed E-state index contributed by atoms with van der Waals surface area (Å²) in [5.41, 5.74) is -0.736. The van der Waals surface area contributed by atoms with E-state index in [9.17, 15) is 14.0 Å².